The van der Waals surface area contributed by atoms with Crippen LogP contribution >= 0.6 is 0 Å². The first kappa shape index (κ1) is 13.3. The lowest BCUT2D eigenvalue weighted by molar-refractivity contribution is 0.0715. The van der Waals surface area contributed by atoms with Crippen LogP contribution in [0.5, 0.6) is 0 Å². The highest BCUT2D eigenvalue weighted by molar-refractivity contribution is 5.68. The van der Waals surface area contributed by atoms with E-state index in [1.165, 1.54) is 0 Å². The van der Waals surface area contributed by atoms with E-state index in [0.717, 1.165) is 25.7 Å². The highest BCUT2D eigenvalue weighted by atomic mass is 16.5. The standard InChI is InChI=1S/C12H23NO3/c1-12(2,3)13-11(15)16-8-9-4-6-10(14)7-5-9/h9-10,14H,4-8H2,1-3H3,(H,13,15). The molecule has 0 atom stereocenters. The minimum Gasteiger partial charge on any atom is -0.449 e. The van der Waals surface area contributed by atoms with Crippen LogP contribution in [0.3, 0.4) is 0 Å². The van der Waals surface area contributed by atoms with Crippen LogP contribution < -0.4 is 5.32 Å². The summed E-state index contributed by atoms with van der Waals surface area (Å²) in [4.78, 5) is 11.4. The summed E-state index contributed by atoms with van der Waals surface area (Å²) in [5, 5.41) is 12.1. The Balaban J connectivity index is 2.17. The fraction of sp³-hybridized carbons (Fsp3) is 0.917. The molecule has 1 aliphatic rings. The molecule has 94 valence electrons. The molecule has 0 saturated heterocycles. The predicted molar refractivity (Wildman–Crippen MR) is 62.2 cm³/mol. The van der Waals surface area contributed by atoms with Gasteiger partial charge in [-0.3, -0.25) is 0 Å². The molecule has 1 aliphatic carbocycles. The molecule has 0 aliphatic heterocycles. The smallest absolute Gasteiger partial charge is 0.407 e. The molecule has 1 fully saturated rings. The molecule has 1 rings (SSSR count). The number of ether oxygens (including phenoxy) is 1. The van der Waals surface area contributed by atoms with Gasteiger partial charge in [-0.25, -0.2) is 4.79 Å². The summed E-state index contributed by atoms with van der Waals surface area (Å²) in [6, 6.07) is 0. The van der Waals surface area contributed by atoms with E-state index in [9.17, 15) is 9.90 Å². The summed E-state index contributed by atoms with van der Waals surface area (Å²) >= 11 is 0. The van der Waals surface area contributed by atoms with Crippen molar-refractivity contribution in [3.8, 4) is 0 Å². The summed E-state index contributed by atoms with van der Waals surface area (Å²) in [6.07, 6.45) is 3.05. The van der Waals surface area contributed by atoms with Gasteiger partial charge in [-0.1, -0.05) is 0 Å². The second-order valence-electron chi connectivity index (χ2n) is 5.65. The average Bonchev–Trinajstić information content (AvgIpc) is 2.14. The minimum atomic E-state index is -0.348. The van der Waals surface area contributed by atoms with Crippen LogP contribution in [-0.4, -0.2) is 29.4 Å². The lowest BCUT2D eigenvalue weighted by atomic mass is 9.88. The van der Waals surface area contributed by atoms with Crippen molar-refractivity contribution in [2.45, 2.75) is 58.1 Å². The molecule has 0 heterocycles. The lowest BCUT2D eigenvalue weighted by Gasteiger charge is -2.26. The molecule has 1 saturated carbocycles. The van der Waals surface area contributed by atoms with E-state index < -0.39 is 0 Å². The Morgan fingerprint density at radius 2 is 1.88 bits per heavy atom. The van der Waals surface area contributed by atoms with E-state index in [2.05, 4.69) is 5.32 Å². The van der Waals surface area contributed by atoms with Crippen molar-refractivity contribution in [1.82, 2.24) is 5.32 Å². The van der Waals surface area contributed by atoms with E-state index in [1.807, 2.05) is 20.8 Å². The quantitative estimate of drug-likeness (QED) is 0.762. The van der Waals surface area contributed by atoms with Gasteiger partial charge < -0.3 is 15.2 Å². The zero-order valence-electron chi connectivity index (χ0n) is 10.5. The van der Waals surface area contributed by atoms with Gasteiger partial charge in [0, 0.05) is 5.54 Å². The largest absolute Gasteiger partial charge is 0.449 e. The molecule has 0 aromatic rings. The van der Waals surface area contributed by atoms with Gasteiger partial charge in [0.1, 0.15) is 0 Å². The number of nitrogens with one attached hydrogen (secondary N) is 1. The number of alkyl carbamates (subject to hydrolysis) is 1. The summed E-state index contributed by atoms with van der Waals surface area (Å²) in [7, 11) is 0. The molecule has 2 N–H and O–H groups in total. The predicted octanol–water partition coefficient (Wildman–Crippen LogP) is 2.06. The normalized spacial score (nSPS) is 26.2. The SMILES string of the molecule is CC(C)(C)NC(=O)OCC1CCC(O)CC1. The zero-order valence-corrected chi connectivity index (χ0v) is 10.5. The van der Waals surface area contributed by atoms with Gasteiger partial charge in [0.2, 0.25) is 0 Å². The number of carbonyl (C=O) groups excluding carboxylic acids is 1. The van der Waals surface area contributed by atoms with E-state index in [-0.39, 0.29) is 17.7 Å². The van der Waals surface area contributed by atoms with E-state index in [0.29, 0.717) is 12.5 Å². The van der Waals surface area contributed by atoms with Crippen LogP contribution in [0, 0.1) is 5.92 Å². The molecule has 0 aromatic heterocycles. The van der Waals surface area contributed by atoms with Gasteiger partial charge in [-0.15, -0.1) is 0 Å². The fourth-order valence-electron chi connectivity index (χ4n) is 1.85. The van der Waals surface area contributed by atoms with Crippen molar-refractivity contribution in [1.29, 1.82) is 0 Å². The van der Waals surface area contributed by atoms with Gasteiger partial charge in [-0.05, 0) is 52.4 Å². The second kappa shape index (κ2) is 5.53. The zero-order chi connectivity index (χ0) is 12.2. The van der Waals surface area contributed by atoms with Crippen molar-refractivity contribution in [2.75, 3.05) is 6.61 Å². The van der Waals surface area contributed by atoms with Crippen LogP contribution in [-0.2, 0) is 4.74 Å². The Hall–Kier alpha value is -0.770. The fourth-order valence-corrected chi connectivity index (χ4v) is 1.85. The lowest BCUT2D eigenvalue weighted by Crippen LogP contribution is -2.41. The molecular formula is C12H23NO3. The van der Waals surface area contributed by atoms with Gasteiger partial charge in [0.25, 0.3) is 0 Å². The minimum absolute atomic E-state index is 0.153. The highest BCUT2D eigenvalue weighted by Gasteiger charge is 2.21. The van der Waals surface area contributed by atoms with Crippen molar-refractivity contribution in [3.63, 3.8) is 0 Å². The Morgan fingerprint density at radius 3 is 2.38 bits per heavy atom. The molecular weight excluding hydrogens is 206 g/mol. The van der Waals surface area contributed by atoms with Gasteiger partial charge in [0.15, 0.2) is 0 Å². The van der Waals surface area contributed by atoms with Gasteiger partial charge >= 0.3 is 6.09 Å². The number of hydrogen-bond acceptors (Lipinski definition) is 3. The summed E-state index contributed by atoms with van der Waals surface area (Å²) in [5.41, 5.74) is -0.250. The third-order valence-corrected chi connectivity index (χ3v) is 2.74. The van der Waals surface area contributed by atoms with Crippen molar-refractivity contribution in [3.05, 3.63) is 0 Å². The molecule has 0 bridgehead atoms. The third-order valence-electron chi connectivity index (χ3n) is 2.74. The Labute approximate surface area is 97.4 Å². The maximum absolute atomic E-state index is 11.4. The maximum atomic E-state index is 11.4. The van der Waals surface area contributed by atoms with Gasteiger partial charge in [-0.2, -0.15) is 0 Å². The molecule has 4 heteroatoms. The monoisotopic (exact) mass is 229 g/mol. The van der Waals surface area contributed by atoms with Crippen molar-refractivity contribution in [2.24, 2.45) is 5.92 Å². The average molecular weight is 229 g/mol. The van der Waals surface area contributed by atoms with Crippen LogP contribution in [0.15, 0.2) is 0 Å². The molecule has 1 amide bonds. The van der Waals surface area contributed by atoms with Crippen molar-refractivity contribution >= 4 is 6.09 Å². The first-order valence-electron chi connectivity index (χ1n) is 6.00. The first-order chi connectivity index (χ1) is 7.37. The van der Waals surface area contributed by atoms with Crippen LogP contribution in [0.1, 0.15) is 46.5 Å². The summed E-state index contributed by atoms with van der Waals surface area (Å²) in [5.74, 6) is 0.411. The summed E-state index contributed by atoms with van der Waals surface area (Å²) < 4.78 is 5.16. The van der Waals surface area contributed by atoms with E-state index in [1.54, 1.807) is 0 Å². The number of aliphatic hydroxyl groups is 1. The number of amides is 1. The molecule has 0 radical (unpaired) electrons. The van der Waals surface area contributed by atoms with Crippen molar-refractivity contribution < 1.29 is 14.6 Å². The maximum Gasteiger partial charge on any atom is 0.407 e. The first-order valence-corrected chi connectivity index (χ1v) is 6.00. The number of hydrogen-bond donors (Lipinski definition) is 2. The van der Waals surface area contributed by atoms with Crippen LogP contribution in [0.2, 0.25) is 0 Å². The Kier molecular flexibility index (Phi) is 4.59. The van der Waals surface area contributed by atoms with E-state index >= 15 is 0 Å². The number of rotatable bonds is 2. The molecule has 16 heavy (non-hydrogen) atoms. The van der Waals surface area contributed by atoms with Crippen LogP contribution in [0.4, 0.5) is 4.79 Å². The number of aliphatic hydroxyl groups excluding tert-OH is 1. The summed E-state index contributed by atoms with van der Waals surface area (Å²) in [6.45, 7) is 6.23. The molecule has 0 aromatic carbocycles. The van der Waals surface area contributed by atoms with E-state index in [4.69, 9.17) is 4.74 Å². The second-order valence-corrected chi connectivity index (χ2v) is 5.65. The Bertz CT molecular complexity index is 227. The molecule has 0 spiro atoms. The topological polar surface area (TPSA) is 58.6 Å². The third kappa shape index (κ3) is 5.35. The number of carbonyl (C=O) groups is 1. The Morgan fingerprint density at radius 1 is 1.31 bits per heavy atom. The highest BCUT2D eigenvalue weighted by Crippen LogP contribution is 2.24. The van der Waals surface area contributed by atoms with Crippen LogP contribution in [0.25, 0.3) is 0 Å². The molecule has 4 nitrogen and oxygen atoms in total. The van der Waals surface area contributed by atoms with Gasteiger partial charge in [0.05, 0.1) is 12.7 Å². The molecule has 0 unspecified atom stereocenters.